The zero-order chi connectivity index (χ0) is 14.4. The van der Waals surface area contributed by atoms with E-state index in [1.807, 2.05) is 0 Å². The van der Waals surface area contributed by atoms with Gasteiger partial charge >= 0.3 is 5.97 Å². The third-order valence-corrected chi connectivity index (χ3v) is 2.24. The van der Waals surface area contributed by atoms with E-state index in [0.717, 1.165) is 0 Å². The maximum Gasteiger partial charge on any atom is 0.329 e. The lowest BCUT2D eigenvalue weighted by Gasteiger charge is -2.09. The highest BCUT2D eigenvalue weighted by Crippen LogP contribution is 2.16. The number of rotatable bonds is 6. The van der Waals surface area contributed by atoms with E-state index in [1.54, 1.807) is 19.1 Å². The van der Waals surface area contributed by atoms with Crippen LogP contribution in [0.3, 0.4) is 0 Å². The summed E-state index contributed by atoms with van der Waals surface area (Å²) in [6, 6.07) is 4.59. The minimum Gasteiger partial charge on any atom is -0.480 e. The molecule has 0 atom stereocenters. The van der Waals surface area contributed by atoms with Crippen LogP contribution in [0.1, 0.15) is 15.9 Å². The molecule has 7 nitrogen and oxygen atoms in total. The number of carboxylic acids is 1. The van der Waals surface area contributed by atoms with Crippen molar-refractivity contribution in [2.45, 2.75) is 6.92 Å². The fraction of sp³-hybridized carbons (Fsp3) is 0.250. The number of amides is 2. The lowest BCUT2D eigenvalue weighted by molar-refractivity contribution is -0.143. The van der Waals surface area contributed by atoms with Gasteiger partial charge in [-0.3, -0.25) is 9.59 Å². The van der Waals surface area contributed by atoms with Crippen LogP contribution in [0, 0.1) is 6.92 Å². The van der Waals surface area contributed by atoms with Gasteiger partial charge < -0.3 is 20.9 Å². The molecule has 7 heteroatoms. The molecule has 0 aliphatic rings. The Kier molecular flexibility index (Phi) is 5.01. The largest absolute Gasteiger partial charge is 0.480 e. The average Bonchev–Trinajstić information content (AvgIpc) is 2.31. The van der Waals surface area contributed by atoms with Gasteiger partial charge in [-0.2, -0.15) is 0 Å². The predicted octanol–water partition coefficient (Wildman–Crippen LogP) is 0.134. The molecule has 0 bridgehead atoms. The molecule has 0 aliphatic carbocycles. The van der Waals surface area contributed by atoms with Crippen molar-refractivity contribution in [3.8, 4) is 0 Å². The van der Waals surface area contributed by atoms with Crippen molar-refractivity contribution in [3.05, 3.63) is 29.3 Å². The highest BCUT2D eigenvalue weighted by molar-refractivity contribution is 5.96. The number of carbonyl (C=O) groups excluding carboxylic acids is 2. The van der Waals surface area contributed by atoms with Crippen molar-refractivity contribution in [1.82, 2.24) is 0 Å². The van der Waals surface area contributed by atoms with Crippen molar-refractivity contribution in [2.75, 3.05) is 18.5 Å². The van der Waals surface area contributed by atoms with Crippen LogP contribution >= 0.6 is 0 Å². The molecule has 0 heterocycles. The van der Waals surface area contributed by atoms with Gasteiger partial charge in [-0.25, -0.2) is 4.79 Å². The first-order chi connectivity index (χ1) is 8.90. The number of anilines is 1. The van der Waals surface area contributed by atoms with Gasteiger partial charge in [0.2, 0.25) is 11.8 Å². The summed E-state index contributed by atoms with van der Waals surface area (Å²) in [6.45, 7) is 0.816. The van der Waals surface area contributed by atoms with E-state index in [-0.39, 0.29) is 6.61 Å². The molecule has 4 N–H and O–H groups in total. The van der Waals surface area contributed by atoms with E-state index < -0.39 is 24.4 Å². The molecule has 0 aliphatic heterocycles. The Hall–Kier alpha value is -2.41. The Bertz CT molecular complexity index is 513. The molecule has 1 aromatic rings. The molecule has 2 amide bonds. The van der Waals surface area contributed by atoms with Gasteiger partial charge in [0, 0.05) is 11.3 Å². The zero-order valence-corrected chi connectivity index (χ0v) is 10.3. The van der Waals surface area contributed by atoms with Crippen molar-refractivity contribution >= 4 is 23.5 Å². The molecule has 0 saturated heterocycles. The topological polar surface area (TPSA) is 119 Å². The van der Waals surface area contributed by atoms with Crippen molar-refractivity contribution < 1.29 is 24.2 Å². The van der Waals surface area contributed by atoms with E-state index in [4.69, 9.17) is 10.8 Å². The quantitative estimate of drug-likeness (QED) is 0.676. The Morgan fingerprint density at radius 3 is 2.53 bits per heavy atom. The van der Waals surface area contributed by atoms with Crippen molar-refractivity contribution in [3.63, 3.8) is 0 Å². The van der Waals surface area contributed by atoms with E-state index in [9.17, 15) is 14.4 Å². The third-order valence-electron chi connectivity index (χ3n) is 2.24. The second kappa shape index (κ2) is 6.50. The van der Waals surface area contributed by atoms with Crippen LogP contribution in [0.25, 0.3) is 0 Å². The lowest BCUT2D eigenvalue weighted by Crippen LogP contribution is -2.21. The number of benzene rings is 1. The van der Waals surface area contributed by atoms with Gasteiger partial charge in [0.15, 0.2) is 0 Å². The SMILES string of the molecule is Cc1cc(C(N)=O)ccc1NC(=O)COCC(=O)O. The first-order valence-electron chi connectivity index (χ1n) is 5.40. The zero-order valence-electron chi connectivity index (χ0n) is 10.3. The summed E-state index contributed by atoms with van der Waals surface area (Å²) < 4.78 is 4.65. The van der Waals surface area contributed by atoms with Crippen molar-refractivity contribution in [1.29, 1.82) is 0 Å². The molecule has 0 spiro atoms. The monoisotopic (exact) mass is 266 g/mol. The second-order valence-electron chi connectivity index (χ2n) is 3.83. The number of carbonyl (C=O) groups is 3. The summed E-state index contributed by atoms with van der Waals surface area (Å²) in [5.41, 5.74) is 6.65. The summed E-state index contributed by atoms with van der Waals surface area (Å²) in [7, 11) is 0. The summed E-state index contributed by atoms with van der Waals surface area (Å²) in [4.78, 5) is 32.6. The Morgan fingerprint density at radius 2 is 2.00 bits per heavy atom. The van der Waals surface area contributed by atoms with Crippen LogP contribution < -0.4 is 11.1 Å². The first kappa shape index (κ1) is 14.7. The maximum absolute atomic E-state index is 11.4. The number of primary amides is 1. The summed E-state index contributed by atoms with van der Waals surface area (Å²) in [6.07, 6.45) is 0. The maximum atomic E-state index is 11.4. The fourth-order valence-corrected chi connectivity index (χ4v) is 1.37. The van der Waals surface area contributed by atoms with Gasteiger partial charge in [0.25, 0.3) is 0 Å². The number of nitrogens with two attached hydrogens (primary N) is 1. The third kappa shape index (κ3) is 4.76. The Balaban J connectivity index is 2.59. The molecule has 102 valence electrons. The highest BCUT2D eigenvalue weighted by Gasteiger charge is 2.08. The lowest BCUT2D eigenvalue weighted by atomic mass is 10.1. The van der Waals surface area contributed by atoms with Gasteiger partial charge in [-0.1, -0.05) is 0 Å². The van der Waals surface area contributed by atoms with Crippen LogP contribution in [0.15, 0.2) is 18.2 Å². The number of hydrogen-bond acceptors (Lipinski definition) is 4. The molecule has 0 radical (unpaired) electrons. The smallest absolute Gasteiger partial charge is 0.329 e. The molecular formula is C12H14N2O5. The van der Waals surface area contributed by atoms with Crippen LogP contribution in [-0.2, 0) is 14.3 Å². The predicted molar refractivity (Wildman–Crippen MR) is 66.8 cm³/mol. The average molecular weight is 266 g/mol. The molecule has 1 rings (SSSR count). The minimum atomic E-state index is -1.14. The molecule has 0 fully saturated rings. The summed E-state index contributed by atoms with van der Waals surface area (Å²) in [5.74, 6) is -2.17. The molecule has 0 aromatic heterocycles. The van der Waals surface area contributed by atoms with Crippen molar-refractivity contribution in [2.24, 2.45) is 5.73 Å². The minimum absolute atomic E-state index is 0.345. The fourth-order valence-electron chi connectivity index (χ4n) is 1.37. The number of carboxylic acid groups (broad SMARTS) is 1. The molecule has 1 aromatic carbocycles. The Labute approximate surface area is 109 Å². The summed E-state index contributed by atoms with van der Waals surface area (Å²) in [5, 5.41) is 10.9. The first-order valence-corrected chi connectivity index (χ1v) is 5.40. The standard InChI is InChI=1S/C12H14N2O5/c1-7-4-8(12(13)18)2-3-9(7)14-10(15)5-19-6-11(16)17/h2-4H,5-6H2,1H3,(H2,13,18)(H,14,15)(H,16,17). The molecule has 0 saturated carbocycles. The van der Waals surface area contributed by atoms with E-state index in [1.165, 1.54) is 6.07 Å². The molecule has 19 heavy (non-hydrogen) atoms. The van der Waals surface area contributed by atoms with E-state index in [0.29, 0.717) is 16.8 Å². The van der Waals surface area contributed by atoms with Crippen LogP contribution in [0.2, 0.25) is 0 Å². The van der Waals surface area contributed by atoms with Crippen LogP contribution in [0.5, 0.6) is 0 Å². The summed E-state index contributed by atoms with van der Waals surface area (Å²) >= 11 is 0. The van der Waals surface area contributed by atoms with Crippen LogP contribution in [0.4, 0.5) is 5.69 Å². The number of hydrogen-bond donors (Lipinski definition) is 3. The number of nitrogens with one attached hydrogen (secondary N) is 1. The molecule has 0 unspecified atom stereocenters. The van der Waals surface area contributed by atoms with Gasteiger partial charge in [-0.05, 0) is 30.7 Å². The van der Waals surface area contributed by atoms with Crippen LogP contribution in [-0.4, -0.2) is 36.1 Å². The van der Waals surface area contributed by atoms with E-state index >= 15 is 0 Å². The number of ether oxygens (including phenoxy) is 1. The van der Waals surface area contributed by atoms with Gasteiger partial charge in [0.05, 0.1) is 0 Å². The Morgan fingerprint density at radius 1 is 1.32 bits per heavy atom. The second-order valence-corrected chi connectivity index (χ2v) is 3.83. The number of aliphatic carboxylic acids is 1. The number of aryl methyl sites for hydroxylation is 1. The highest BCUT2D eigenvalue weighted by atomic mass is 16.5. The normalized spacial score (nSPS) is 9.95. The van der Waals surface area contributed by atoms with Gasteiger partial charge in [-0.15, -0.1) is 0 Å². The van der Waals surface area contributed by atoms with Gasteiger partial charge in [0.1, 0.15) is 13.2 Å². The van der Waals surface area contributed by atoms with E-state index in [2.05, 4.69) is 10.1 Å². The molecular weight excluding hydrogens is 252 g/mol.